The molecule has 3 aromatic rings. The molecule has 0 aromatic heterocycles. The molecule has 156 valence electrons. The highest BCUT2D eigenvalue weighted by Crippen LogP contribution is 2.27. The number of amides is 1. The van der Waals surface area contributed by atoms with Crippen molar-refractivity contribution >= 4 is 40.9 Å². The fourth-order valence-corrected chi connectivity index (χ4v) is 3.35. The monoisotopic (exact) mass is 450 g/mol. The van der Waals surface area contributed by atoms with Crippen molar-refractivity contribution in [1.29, 1.82) is 5.26 Å². The van der Waals surface area contributed by atoms with Crippen LogP contribution in [-0.2, 0) is 11.4 Å². The van der Waals surface area contributed by atoms with Crippen LogP contribution >= 0.6 is 23.2 Å². The minimum absolute atomic E-state index is 0.0650. The number of halogens is 2. The second kappa shape index (κ2) is 10.2. The second-order valence-electron chi connectivity index (χ2n) is 7.00. The van der Waals surface area contributed by atoms with Gasteiger partial charge in [-0.25, -0.2) is 0 Å². The van der Waals surface area contributed by atoms with Crippen LogP contribution in [0.5, 0.6) is 5.75 Å². The number of aryl methyl sites for hydroxylation is 2. The number of hydrogen-bond acceptors (Lipinski definition) is 3. The summed E-state index contributed by atoms with van der Waals surface area (Å²) in [4.78, 5) is 12.7. The Morgan fingerprint density at radius 2 is 1.87 bits per heavy atom. The molecule has 3 aromatic carbocycles. The highest BCUT2D eigenvalue weighted by Gasteiger charge is 2.13. The van der Waals surface area contributed by atoms with Gasteiger partial charge < -0.3 is 10.1 Å². The first-order valence-electron chi connectivity index (χ1n) is 9.53. The molecule has 1 amide bonds. The predicted molar refractivity (Wildman–Crippen MR) is 125 cm³/mol. The summed E-state index contributed by atoms with van der Waals surface area (Å²) in [6, 6.07) is 20.0. The van der Waals surface area contributed by atoms with Gasteiger partial charge in [0.15, 0.2) is 0 Å². The summed E-state index contributed by atoms with van der Waals surface area (Å²) in [7, 11) is 0. The van der Waals surface area contributed by atoms with Gasteiger partial charge in [-0.3, -0.25) is 4.79 Å². The Morgan fingerprint density at radius 3 is 2.58 bits per heavy atom. The molecule has 0 unspecified atom stereocenters. The van der Waals surface area contributed by atoms with E-state index in [-0.39, 0.29) is 12.2 Å². The van der Waals surface area contributed by atoms with Crippen molar-refractivity contribution in [2.45, 2.75) is 20.5 Å². The molecule has 4 nitrogen and oxygen atoms in total. The van der Waals surface area contributed by atoms with Gasteiger partial charge in [0, 0.05) is 26.9 Å². The summed E-state index contributed by atoms with van der Waals surface area (Å²) in [6.07, 6.45) is 1.46. The third-order valence-corrected chi connectivity index (χ3v) is 5.21. The number of carbonyl (C=O) groups excluding carboxylic acids is 1. The number of nitriles is 1. The summed E-state index contributed by atoms with van der Waals surface area (Å²) < 4.78 is 5.91. The first-order valence-corrected chi connectivity index (χ1v) is 10.3. The van der Waals surface area contributed by atoms with Crippen LogP contribution in [0.15, 0.2) is 66.2 Å². The van der Waals surface area contributed by atoms with Crippen molar-refractivity contribution in [3.63, 3.8) is 0 Å². The predicted octanol–water partition coefficient (Wildman–Crippen LogP) is 6.73. The molecule has 0 fully saturated rings. The quantitative estimate of drug-likeness (QED) is 0.334. The Labute approximate surface area is 191 Å². The first-order chi connectivity index (χ1) is 14.9. The van der Waals surface area contributed by atoms with Crippen molar-refractivity contribution < 1.29 is 9.53 Å². The van der Waals surface area contributed by atoms with Gasteiger partial charge in [-0.05, 0) is 55.8 Å². The smallest absolute Gasteiger partial charge is 0.266 e. The summed E-state index contributed by atoms with van der Waals surface area (Å²) in [5, 5.41) is 13.4. The average Bonchev–Trinajstić information content (AvgIpc) is 2.74. The van der Waals surface area contributed by atoms with E-state index in [0.29, 0.717) is 27.0 Å². The molecule has 3 rings (SSSR count). The van der Waals surface area contributed by atoms with Crippen LogP contribution in [0.4, 0.5) is 5.69 Å². The molecular weight excluding hydrogens is 431 g/mol. The molecule has 0 atom stereocenters. The van der Waals surface area contributed by atoms with Gasteiger partial charge in [0.05, 0.1) is 0 Å². The van der Waals surface area contributed by atoms with Crippen molar-refractivity contribution in [3.05, 3.63) is 98.5 Å². The molecule has 0 radical (unpaired) electrons. The molecule has 0 spiro atoms. The summed E-state index contributed by atoms with van der Waals surface area (Å²) in [5.41, 5.74) is 3.93. The summed E-state index contributed by atoms with van der Waals surface area (Å²) in [5.74, 6) is -0.0251. The highest BCUT2D eigenvalue weighted by molar-refractivity contribution is 6.31. The minimum atomic E-state index is -0.508. The Kier molecular flexibility index (Phi) is 7.36. The van der Waals surface area contributed by atoms with Crippen LogP contribution in [0.1, 0.15) is 22.3 Å². The lowest BCUT2D eigenvalue weighted by molar-refractivity contribution is -0.112. The van der Waals surface area contributed by atoms with Crippen LogP contribution in [-0.4, -0.2) is 5.91 Å². The van der Waals surface area contributed by atoms with Crippen molar-refractivity contribution in [1.82, 2.24) is 0 Å². The van der Waals surface area contributed by atoms with E-state index in [1.807, 2.05) is 56.3 Å². The van der Waals surface area contributed by atoms with E-state index in [1.165, 1.54) is 6.08 Å². The van der Waals surface area contributed by atoms with E-state index >= 15 is 0 Å². The molecule has 0 saturated heterocycles. The fourth-order valence-electron chi connectivity index (χ4n) is 2.98. The van der Waals surface area contributed by atoms with Gasteiger partial charge in [0.2, 0.25) is 0 Å². The Hall–Kier alpha value is -3.26. The lowest BCUT2D eigenvalue weighted by Gasteiger charge is -2.12. The lowest BCUT2D eigenvalue weighted by Crippen LogP contribution is -2.14. The molecule has 1 N–H and O–H groups in total. The SMILES string of the molecule is Cc1ccc(NC(=O)/C(C#N)=C/c2cc(Cl)ccc2OCc2ccccc2Cl)c(C)c1. The molecule has 0 aliphatic rings. The van der Waals surface area contributed by atoms with E-state index in [0.717, 1.165) is 16.7 Å². The Bertz CT molecular complexity index is 1200. The number of nitrogens with one attached hydrogen (secondary N) is 1. The number of rotatable bonds is 6. The van der Waals surface area contributed by atoms with Crippen LogP contribution in [0.3, 0.4) is 0 Å². The molecule has 0 heterocycles. The molecule has 0 aliphatic heterocycles. The number of benzene rings is 3. The normalized spacial score (nSPS) is 11.0. The first kappa shape index (κ1) is 22.4. The molecule has 0 saturated carbocycles. The minimum Gasteiger partial charge on any atom is -0.488 e. The van der Waals surface area contributed by atoms with E-state index in [4.69, 9.17) is 27.9 Å². The van der Waals surface area contributed by atoms with E-state index in [2.05, 4.69) is 5.32 Å². The second-order valence-corrected chi connectivity index (χ2v) is 7.85. The number of nitrogens with zero attached hydrogens (tertiary/aromatic N) is 1. The average molecular weight is 451 g/mol. The molecule has 31 heavy (non-hydrogen) atoms. The van der Waals surface area contributed by atoms with Crippen LogP contribution < -0.4 is 10.1 Å². The molecule has 6 heteroatoms. The lowest BCUT2D eigenvalue weighted by atomic mass is 10.1. The third-order valence-electron chi connectivity index (χ3n) is 4.61. The molecule has 0 bridgehead atoms. The van der Waals surface area contributed by atoms with Gasteiger partial charge in [-0.2, -0.15) is 5.26 Å². The number of anilines is 1. The summed E-state index contributed by atoms with van der Waals surface area (Å²) in [6.45, 7) is 4.11. The van der Waals surface area contributed by atoms with Crippen molar-refractivity contribution in [3.8, 4) is 11.8 Å². The van der Waals surface area contributed by atoms with E-state index in [1.54, 1.807) is 24.3 Å². The zero-order valence-corrected chi connectivity index (χ0v) is 18.6. The standard InChI is InChI=1S/C25H20Cl2N2O2/c1-16-7-9-23(17(2)11-16)29-25(30)20(14-28)12-19-13-21(26)8-10-24(19)31-15-18-5-3-4-6-22(18)27/h3-13H,15H2,1-2H3,(H,29,30)/b20-12+. The fraction of sp³-hybridized carbons (Fsp3) is 0.120. The Balaban J connectivity index is 1.85. The third kappa shape index (κ3) is 5.88. The molecular formula is C25H20Cl2N2O2. The maximum absolute atomic E-state index is 12.7. The van der Waals surface area contributed by atoms with Crippen LogP contribution in [0.25, 0.3) is 6.08 Å². The zero-order chi connectivity index (χ0) is 22.4. The number of ether oxygens (including phenoxy) is 1. The number of carbonyl (C=O) groups is 1. The van der Waals surface area contributed by atoms with Gasteiger partial charge in [0.25, 0.3) is 5.91 Å². The van der Waals surface area contributed by atoms with Crippen LogP contribution in [0, 0.1) is 25.2 Å². The zero-order valence-electron chi connectivity index (χ0n) is 17.1. The largest absolute Gasteiger partial charge is 0.488 e. The maximum Gasteiger partial charge on any atom is 0.266 e. The van der Waals surface area contributed by atoms with Gasteiger partial charge in [0.1, 0.15) is 24.0 Å². The van der Waals surface area contributed by atoms with E-state index < -0.39 is 5.91 Å². The van der Waals surface area contributed by atoms with Crippen LogP contribution in [0.2, 0.25) is 10.0 Å². The topological polar surface area (TPSA) is 62.1 Å². The van der Waals surface area contributed by atoms with E-state index in [9.17, 15) is 10.1 Å². The number of hydrogen-bond donors (Lipinski definition) is 1. The molecule has 0 aliphatic carbocycles. The Morgan fingerprint density at radius 1 is 1.10 bits per heavy atom. The highest BCUT2D eigenvalue weighted by atomic mass is 35.5. The van der Waals surface area contributed by atoms with Gasteiger partial charge in [-0.1, -0.05) is 59.1 Å². The summed E-state index contributed by atoms with van der Waals surface area (Å²) >= 11 is 12.3. The maximum atomic E-state index is 12.7. The van der Waals surface area contributed by atoms with Gasteiger partial charge >= 0.3 is 0 Å². The van der Waals surface area contributed by atoms with Crippen molar-refractivity contribution in [2.24, 2.45) is 0 Å². The van der Waals surface area contributed by atoms with Gasteiger partial charge in [-0.15, -0.1) is 0 Å². The van der Waals surface area contributed by atoms with Crippen molar-refractivity contribution in [2.75, 3.05) is 5.32 Å².